The van der Waals surface area contributed by atoms with E-state index in [1.165, 1.54) is 13.8 Å². The lowest BCUT2D eigenvalue weighted by atomic mass is 9.47. The number of hydrogen-bond donors (Lipinski definition) is 0. The van der Waals surface area contributed by atoms with Crippen LogP contribution in [-0.4, -0.2) is 46.9 Å². The van der Waals surface area contributed by atoms with E-state index in [0.29, 0.717) is 18.8 Å². The van der Waals surface area contributed by atoms with E-state index in [0.717, 1.165) is 37.7 Å². The Labute approximate surface area is 226 Å². The first kappa shape index (κ1) is 27.6. The van der Waals surface area contributed by atoms with Crippen molar-refractivity contribution in [2.45, 2.75) is 123 Å². The van der Waals surface area contributed by atoms with Crippen LogP contribution in [0.15, 0.2) is 23.8 Å². The molecule has 7 heteroatoms. The summed E-state index contributed by atoms with van der Waals surface area (Å²) in [5.41, 5.74) is -0.594. The van der Waals surface area contributed by atoms with E-state index in [9.17, 15) is 14.4 Å². The highest BCUT2D eigenvalue weighted by molar-refractivity contribution is 6.01. The minimum absolute atomic E-state index is 0.0401. The molecule has 7 nitrogen and oxygen atoms in total. The summed E-state index contributed by atoms with van der Waals surface area (Å²) >= 11 is 0. The van der Waals surface area contributed by atoms with Crippen molar-refractivity contribution in [3.63, 3.8) is 0 Å². The molecule has 0 aromatic carbocycles. The number of carbonyl (C=O) groups excluding carboxylic acids is 3. The molecule has 2 aliphatic heterocycles. The Morgan fingerprint density at radius 2 is 1.79 bits per heavy atom. The fraction of sp³-hybridized carbons (Fsp3) is 0.774. The predicted molar refractivity (Wildman–Crippen MR) is 141 cm³/mol. The Kier molecular flexibility index (Phi) is 6.74. The summed E-state index contributed by atoms with van der Waals surface area (Å²) in [5, 5.41) is 0. The Hall–Kier alpha value is -1.99. The number of rotatable bonds is 7. The first-order chi connectivity index (χ1) is 17.8. The van der Waals surface area contributed by atoms with Crippen LogP contribution in [0.25, 0.3) is 0 Å². The smallest absolute Gasteiger partial charge is 0.303 e. The Morgan fingerprint density at radius 1 is 1.05 bits per heavy atom. The van der Waals surface area contributed by atoms with Gasteiger partial charge in [-0.2, -0.15) is 0 Å². The molecule has 0 aromatic rings. The molecular weight excluding hydrogens is 484 g/mol. The van der Waals surface area contributed by atoms with Crippen LogP contribution in [0.1, 0.15) is 93.4 Å². The molecule has 1 spiro atoms. The van der Waals surface area contributed by atoms with Crippen LogP contribution < -0.4 is 0 Å². The van der Waals surface area contributed by atoms with Gasteiger partial charge in [-0.25, -0.2) is 0 Å². The SMILES string of the molecule is CC(=O)OC(CCC(C)C)C(C)[C@]12CC[C@@]3(O1)C1CCC4=CC(=O)C=C[C@]4(C)C1C[C@H](OC(C)=O)[C@]3(C)O2. The van der Waals surface area contributed by atoms with Gasteiger partial charge in [-0.3, -0.25) is 14.4 Å². The lowest BCUT2D eigenvalue weighted by Crippen LogP contribution is -2.69. The molecule has 0 radical (unpaired) electrons. The van der Waals surface area contributed by atoms with Crippen molar-refractivity contribution in [3.8, 4) is 0 Å². The fourth-order valence-corrected chi connectivity index (χ4v) is 8.58. The molecule has 0 amide bonds. The minimum Gasteiger partial charge on any atom is -0.462 e. The van der Waals surface area contributed by atoms with Crippen LogP contribution >= 0.6 is 0 Å². The van der Waals surface area contributed by atoms with Crippen LogP contribution in [-0.2, 0) is 33.3 Å². The van der Waals surface area contributed by atoms with Crippen LogP contribution in [0.4, 0.5) is 0 Å². The van der Waals surface area contributed by atoms with E-state index in [1.54, 1.807) is 12.2 Å². The molecule has 2 saturated heterocycles. The second-order valence-electron chi connectivity index (χ2n) is 13.2. The molecule has 9 atom stereocenters. The zero-order valence-electron chi connectivity index (χ0n) is 24.0. The third-order valence-electron chi connectivity index (χ3n) is 10.6. The van der Waals surface area contributed by atoms with Crippen LogP contribution in [0.3, 0.4) is 0 Å². The predicted octanol–water partition coefficient (Wildman–Crippen LogP) is 5.46. The molecular formula is C31H44O7. The van der Waals surface area contributed by atoms with Crippen LogP contribution in [0, 0.1) is 29.1 Å². The second-order valence-corrected chi connectivity index (χ2v) is 13.2. The molecule has 2 saturated carbocycles. The molecule has 2 bridgehead atoms. The fourth-order valence-electron chi connectivity index (χ4n) is 8.58. The third kappa shape index (κ3) is 4.02. The number of allylic oxidation sites excluding steroid dienone is 4. The number of fused-ring (bicyclic) bond motifs is 4. The summed E-state index contributed by atoms with van der Waals surface area (Å²) in [6.45, 7) is 13.6. The second kappa shape index (κ2) is 9.29. The van der Waals surface area contributed by atoms with Crippen LogP contribution in [0.5, 0.6) is 0 Å². The minimum atomic E-state index is -0.922. The molecule has 0 aromatic heterocycles. The van der Waals surface area contributed by atoms with Crippen molar-refractivity contribution < 1.29 is 33.3 Å². The number of ether oxygens (including phenoxy) is 4. The van der Waals surface area contributed by atoms with Gasteiger partial charge < -0.3 is 18.9 Å². The van der Waals surface area contributed by atoms with E-state index < -0.39 is 23.1 Å². The first-order valence-electron chi connectivity index (χ1n) is 14.5. The van der Waals surface area contributed by atoms with Gasteiger partial charge in [0.2, 0.25) is 0 Å². The van der Waals surface area contributed by atoms with Gasteiger partial charge in [0.1, 0.15) is 23.4 Å². The van der Waals surface area contributed by atoms with Gasteiger partial charge >= 0.3 is 11.9 Å². The summed E-state index contributed by atoms with van der Waals surface area (Å²) in [6.07, 6.45) is 10.3. The van der Waals surface area contributed by atoms with E-state index in [4.69, 9.17) is 18.9 Å². The third-order valence-corrected chi connectivity index (χ3v) is 10.6. The van der Waals surface area contributed by atoms with Crippen molar-refractivity contribution >= 4 is 17.7 Å². The summed E-state index contributed by atoms with van der Waals surface area (Å²) in [6, 6.07) is 0. The quantitative estimate of drug-likeness (QED) is 0.406. The van der Waals surface area contributed by atoms with Gasteiger partial charge in [0.15, 0.2) is 11.6 Å². The van der Waals surface area contributed by atoms with Gasteiger partial charge in [0, 0.05) is 31.6 Å². The highest BCUT2D eigenvalue weighted by Gasteiger charge is 2.79. The van der Waals surface area contributed by atoms with E-state index in [-0.39, 0.29) is 47.0 Å². The van der Waals surface area contributed by atoms with Gasteiger partial charge in [0.05, 0.1) is 0 Å². The maximum atomic E-state index is 12.4. The van der Waals surface area contributed by atoms with Gasteiger partial charge in [-0.1, -0.05) is 39.3 Å². The molecule has 4 fully saturated rings. The number of carbonyl (C=O) groups is 3. The molecule has 5 rings (SSSR count). The van der Waals surface area contributed by atoms with Crippen molar-refractivity contribution in [1.29, 1.82) is 0 Å². The molecule has 4 unspecified atom stereocenters. The summed E-state index contributed by atoms with van der Waals surface area (Å²) in [4.78, 5) is 36.7. The van der Waals surface area contributed by atoms with Crippen LogP contribution in [0.2, 0.25) is 0 Å². The topological polar surface area (TPSA) is 88.1 Å². The average Bonchev–Trinajstić information content (AvgIpc) is 3.34. The summed E-state index contributed by atoms with van der Waals surface area (Å²) < 4.78 is 26.1. The molecule has 38 heavy (non-hydrogen) atoms. The molecule has 3 aliphatic carbocycles. The zero-order chi connectivity index (χ0) is 27.7. The van der Waals surface area contributed by atoms with E-state index in [2.05, 4.69) is 40.7 Å². The zero-order valence-corrected chi connectivity index (χ0v) is 24.0. The van der Waals surface area contributed by atoms with Crippen molar-refractivity contribution in [2.75, 3.05) is 0 Å². The maximum absolute atomic E-state index is 12.4. The summed E-state index contributed by atoms with van der Waals surface area (Å²) in [7, 11) is 0. The van der Waals surface area contributed by atoms with Gasteiger partial charge in [-0.05, 0) is 75.4 Å². The van der Waals surface area contributed by atoms with Gasteiger partial charge in [0.25, 0.3) is 0 Å². The number of ketones is 1. The Balaban J connectivity index is 1.54. The van der Waals surface area contributed by atoms with Crippen molar-refractivity contribution in [2.24, 2.45) is 29.1 Å². The molecule has 5 aliphatic rings. The first-order valence-corrected chi connectivity index (χ1v) is 14.5. The van der Waals surface area contributed by atoms with E-state index in [1.807, 2.05) is 0 Å². The normalized spacial score (nSPS) is 42.6. The highest BCUT2D eigenvalue weighted by Crippen LogP contribution is 2.71. The average molecular weight is 529 g/mol. The largest absolute Gasteiger partial charge is 0.462 e. The molecule has 210 valence electrons. The highest BCUT2D eigenvalue weighted by atomic mass is 16.8. The monoisotopic (exact) mass is 528 g/mol. The van der Waals surface area contributed by atoms with Crippen molar-refractivity contribution in [1.82, 2.24) is 0 Å². The lowest BCUT2D eigenvalue weighted by Gasteiger charge is -2.61. The summed E-state index contributed by atoms with van der Waals surface area (Å²) in [5.74, 6) is -0.905. The number of hydrogen-bond acceptors (Lipinski definition) is 7. The number of esters is 2. The Morgan fingerprint density at radius 3 is 2.45 bits per heavy atom. The Bertz CT molecular complexity index is 1080. The van der Waals surface area contributed by atoms with E-state index >= 15 is 0 Å². The maximum Gasteiger partial charge on any atom is 0.303 e. The van der Waals surface area contributed by atoms with Gasteiger partial charge in [-0.15, -0.1) is 0 Å². The molecule has 2 heterocycles. The standard InChI is InChI=1S/C31H44O7/c1-18(2)8-11-26(35-20(4)32)19(3)31-15-14-30(38-31)24-10-9-22-16-23(34)12-13-28(22,6)25(24)17-27(36-21(5)33)29(30,7)37-31/h12-13,16,18-19,24-27H,8-11,14-15,17H2,1-7H3/t19?,24?,25?,26?,27-,28-,29-,30+,31-/m0/s1. The van der Waals surface area contributed by atoms with Crippen molar-refractivity contribution in [3.05, 3.63) is 23.8 Å². The lowest BCUT2D eigenvalue weighted by molar-refractivity contribution is -0.253. The molecule has 0 N–H and O–H groups in total.